The summed E-state index contributed by atoms with van der Waals surface area (Å²) < 4.78 is 0. The number of nitrogens with one attached hydrogen (secondary N) is 1. The third kappa shape index (κ3) is 4.20. The fourth-order valence-corrected chi connectivity index (χ4v) is 5.07. The Hall–Kier alpha value is -2.77. The van der Waals surface area contributed by atoms with E-state index in [1.54, 1.807) is 9.80 Å². The molecule has 0 bridgehead atoms. The molecule has 1 spiro atoms. The third-order valence-corrected chi connectivity index (χ3v) is 6.82. The van der Waals surface area contributed by atoms with E-state index >= 15 is 0 Å². The summed E-state index contributed by atoms with van der Waals surface area (Å²) in [5.41, 5.74) is 0.280. The minimum absolute atomic E-state index is 0.0114. The van der Waals surface area contributed by atoms with Crippen molar-refractivity contribution in [2.45, 2.75) is 44.6 Å². The summed E-state index contributed by atoms with van der Waals surface area (Å²) in [6.45, 7) is 5.64. The molecule has 1 N–H and O–H groups in total. The highest BCUT2D eigenvalue weighted by atomic mass is 16.2. The number of carbonyl (C=O) groups is 3. The Morgan fingerprint density at radius 3 is 2.29 bits per heavy atom. The zero-order valence-electron chi connectivity index (χ0n) is 18.4. The van der Waals surface area contributed by atoms with Crippen LogP contribution in [0, 0.1) is 0 Å². The second-order valence-corrected chi connectivity index (χ2v) is 8.70. The van der Waals surface area contributed by atoms with Gasteiger partial charge < -0.3 is 24.9 Å². The zero-order chi connectivity index (χ0) is 21.8. The lowest BCUT2D eigenvalue weighted by Gasteiger charge is -2.43. The predicted octanol–water partition coefficient (Wildman–Crippen LogP) is 1.87. The molecule has 4 rings (SSSR count). The lowest BCUT2D eigenvalue weighted by Crippen LogP contribution is -2.58. The molecule has 3 aliphatic heterocycles. The molecule has 4 amide bonds. The van der Waals surface area contributed by atoms with Crippen LogP contribution in [0.5, 0.6) is 0 Å². The molecule has 8 nitrogen and oxygen atoms in total. The number of carbonyl (C=O) groups excluding carboxylic acids is 3. The van der Waals surface area contributed by atoms with E-state index in [2.05, 4.69) is 10.2 Å². The van der Waals surface area contributed by atoms with Crippen LogP contribution in [0.1, 0.15) is 39.0 Å². The topological polar surface area (TPSA) is 76.2 Å². The van der Waals surface area contributed by atoms with Crippen molar-refractivity contribution in [2.24, 2.45) is 0 Å². The number of hydrogen-bond acceptors (Lipinski definition) is 4. The van der Waals surface area contributed by atoms with Gasteiger partial charge in [-0.1, -0.05) is 18.2 Å². The van der Waals surface area contributed by atoms with Crippen molar-refractivity contribution in [3.05, 3.63) is 30.3 Å². The maximum atomic E-state index is 13.7. The van der Waals surface area contributed by atoms with Crippen LogP contribution in [0.4, 0.5) is 10.5 Å². The number of urea groups is 1. The van der Waals surface area contributed by atoms with E-state index < -0.39 is 5.54 Å². The predicted molar refractivity (Wildman–Crippen MR) is 119 cm³/mol. The SMILES string of the molecule is CCNC(=O)N1CCC2(CC1)C(=O)N(CC(=O)N1CCCCC1)CN2c1ccccc1. The molecule has 3 saturated heterocycles. The lowest BCUT2D eigenvalue weighted by molar-refractivity contribution is -0.141. The number of nitrogens with zero attached hydrogens (tertiary/aromatic N) is 4. The second-order valence-electron chi connectivity index (χ2n) is 8.70. The molecule has 3 fully saturated rings. The highest BCUT2D eigenvalue weighted by Gasteiger charge is 2.54. The Labute approximate surface area is 184 Å². The van der Waals surface area contributed by atoms with Crippen LogP contribution in [0.3, 0.4) is 0 Å². The molecule has 0 aliphatic carbocycles. The van der Waals surface area contributed by atoms with E-state index in [-0.39, 0.29) is 24.4 Å². The number of amides is 4. The summed E-state index contributed by atoms with van der Waals surface area (Å²) in [6, 6.07) is 9.86. The van der Waals surface area contributed by atoms with E-state index in [4.69, 9.17) is 0 Å². The number of anilines is 1. The maximum Gasteiger partial charge on any atom is 0.317 e. The Morgan fingerprint density at radius 1 is 0.968 bits per heavy atom. The number of para-hydroxylation sites is 1. The Kier molecular flexibility index (Phi) is 6.34. The molecule has 0 atom stereocenters. The van der Waals surface area contributed by atoms with Gasteiger partial charge in [0.25, 0.3) is 5.91 Å². The van der Waals surface area contributed by atoms with Crippen molar-refractivity contribution >= 4 is 23.5 Å². The maximum absolute atomic E-state index is 13.7. The second kappa shape index (κ2) is 9.16. The van der Waals surface area contributed by atoms with Gasteiger partial charge in [-0.15, -0.1) is 0 Å². The van der Waals surface area contributed by atoms with Crippen LogP contribution in [0.2, 0.25) is 0 Å². The molecule has 8 heteroatoms. The fraction of sp³-hybridized carbons (Fsp3) is 0.609. The van der Waals surface area contributed by atoms with E-state index in [1.165, 1.54) is 6.42 Å². The molecule has 3 heterocycles. The van der Waals surface area contributed by atoms with E-state index in [0.717, 1.165) is 31.6 Å². The molecule has 0 unspecified atom stereocenters. The van der Waals surface area contributed by atoms with E-state index in [9.17, 15) is 14.4 Å². The van der Waals surface area contributed by atoms with Crippen molar-refractivity contribution in [1.82, 2.24) is 20.0 Å². The van der Waals surface area contributed by atoms with Crippen LogP contribution in [0.15, 0.2) is 30.3 Å². The largest absolute Gasteiger partial charge is 0.341 e. The monoisotopic (exact) mass is 427 g/mol. The number of benzene rings is 1. The summed E-state index contributed by atoms with van der Waals surface area (Å²) >= 11 is 0. The lowest BCUT2D eigenvalue weighted by atomic mass is 9.85. The molecule has 0 saturated carbocycles. The van der Waals surface area contributed by atoms with Gasteiger partial charge >= 0.3 is 6.03 Å². The van der Waals surface area contributed by atoms with Crippen molar-refractivity contribution in [3.63, 3.8) is 0 Å². The van der Waals surface area contributed by atoms with Crippen molar-refractivity contribution in [2.75, 3.05) is 50.8 Å². The first-order chi connectivity index (χ1) is 15.0. The van der Waals surface area contributed by atoms with Crippen LogP contribution in [-0.4, -0.2) is 84.0 Å². The molecule has 0 aromatic heterocycles. The Balaban J connectivity index is 1.53. The number of piperidine rings is 2. The number of hydrogen-bond donors (Lipinski definition) is 1. The van der Waals surface area contributed by atoms with Gasteiger partial charge in [-0.2, -0.15) is 0 Å². The highest BCUT2D eigenvalue weighted by Crippen LogP contribution is 2.39. The van der Waals surface area contributed by atoms with Gasteiger partial charge in [-0.25, -0.2) is 4.79 Å². The normalized spacial score (nSPS) is 21.0. The summed E-state index contributed by atoms with van der Waals surface area (Å²) in [6.07, 6.45) is 4.36. The average Bonchev–Trinajstić information content (AvgIpc) is 3.07. The summed E-state index contributed by atoms with van der Waals surface area (Å²) in [5, 5.41) is 2.85. The van der Waals surface area contributed by atoms with Gasteiger partial charge in [0.1, 0.15) is 12.1 Å². The summed E-state index contributed by atoms with van der Waals surface area (Å²) in [7, 11) is 0. The van der Waals surface area contributed by atoms with Gasteiger partial charge in [0, 0.05) is 38.4 Å². The van der Waals surface area contributed by atoms with Crippen LogP contribution in [-0.2, 0) is 9.59 Å². The smallest absolute Gasteiger partial charge is 0.317 e. The Morgan fingerprint density at radius 2 is 1.65 bits per heavy atom. The number of rotatable bonds is 4. The first kappa shape index (κ1) is 21.5. The van der Waals surface area contributed by atoms with Gasteiger partial charge in [0.2, 0.25) is 5.91 Å². The first-order valence-electron chi connectivity index (χ1n) is 11.5. The minimum Gasteiger partial charge on any atom is -0.341 e. The highest BCUT2D eigenvalue weighted by molar-refractivity contribution is 5.96. The molecule has 3 aliphatic rings. The van der Waals surface area contributed by atoms with Crippen molar-refractivity contribution in [1.29, 1.82) is 0 Å². The van der Waals surface area contributed by atoms with Gasteiger partial charge in [-0.3, -0.25) is 9.59 Å². The summed E-state index contributed by atoms with van der Waals surface area (Å²) in [4.78, 5) is 46.4. The van der Waals surface area contributed by atoms with Crippen LogP contribution in [0.25, 0.3) is 0 Å². The standard InChI is InChI=1S/C23H33N5O3/c1-2-24-22(31)26-15-11-23(12-16-26)21(30)27(17-20(29)25-13-7-4-8-14-25)18-28(23)19-9-5-3-6-10-19/h3,5-6,9-10H,2,4,7-8,11-18H2,1H3,(H,24,31). The minimum atomic E-state index is -0.702. The van der Waals surface area contributed by atoms with Crippen molar-refractivity contribution in [3.8, 4) is 0 Å². The molecular formula is C23H33N5O3. The van der Waals surface area contributed by atoms with Crippen LogP contribution >= 0.6 is 0 Å². The van der Waals surface area contributed by atoms with E-state index in [0.29, 0.717) is 39.1 Å². The summed E-state index contributed by atoms with van der Waals surface area (Å²) in [5.74, 6) is 0.0510. The van der Waals surface area contributed by atoms with E-state index in [1.807, 2.05) is 42.2 Å². The van der Waals surface area contributed by atoms with Gasteiger partial charge in [-0.05, 0) is 51.2 Å². The Bertz CT molecular complexity index is 801. The molecule has 0 radical (unpaired) electrons. The molecule has 1 aromatic carbocycles. The molecular weight excluding hydrogens is 394 g/mol. The van der Waals surface area contributed by atoms with Crippen molar-refractivity contribution < 1.29 is 14.4 Å². The molecule has 31 heavy (non-hydrogen) atoms. The fourth-order valence-electron chi connectivity index (χ4n) is 5.07. The number of likely N-dealkylation sites (tertiary alicyclic amines) is 2. The van der Waals surface area contributed by atoms with Gasteiger partial charge in [0.05, 0.1) is 6.67 Å². The first-order valence-corrected chi connectivity index (χ1v) is 11.5. The quantitative estimate of drug-likeness (QED) is 0.796. The van der Waals surface area contributed by atoms with Gasteiger partial charge in [0.15, 0.2) is 0 Å². The third-order valence-electron chi connectivity index (χ3n) is 6.82. The molecule has 1 aromatic rings. The molecule has 168 valence electrons. The zero-order valence-corrected chi connectivity index (χ0v) is 18.4. The van der Waals surface area contributed by atoms with Crippen LogP contribution < -0.4 is 10.2 Å². The average molecular weight is 428 g/mol.